The van der Waals surface area contributed by atoms with Crippen LogP contribution in [0.15, 0.2) is 12.4 Å². The van der Waals surface area contributed by atoms with Crippen LogP contribution in [0.3, 0.4) is 0 Å². The molecule has 0 unspecified atom stereocenters. The summed E-state index contributed by atoms with van der Waals surface area (Å²) in [6.45, 7) is 2.66. The molecule has 2 rings (SSSR count). The highest BCUT2D eigenvalue weighted by Crippen LogP contribution is 2.30. The molecule has 1 fully saturated rings. The van der Waals surface area contributed by atoms with Crippen LogP contribution in [-0.4, -0.2) is 72.6 Å². The highest BCUT2D eigenvalue weighted by Gasteiger charge is 2.35. The van der Waals surface area contributed by atoms with Gasteiger partial charge >= 0.3 is 0 Å². The number of carbonyl (C=O) groups excluding carboxylic acids is 1. The van der Waals surface area contributed by atoms with Gasteiger partial charge in [-0.05, 0) is 25.8 Å². The number of nitrogens with one attached hydrogen (secondary N) is 1. The number of aromatic nitrogens is 2. The Morgan fingerprint density at radius 2 is 2.12 bits per heavy atom. The van der Waals surface area contributed by atoms with Gasteiger partial charge in [0.05, 0.1) is 5.60 Å². The second-order valence-corrected chi connectivity index (χ2v) is 6.65. The molecular weight excluding hydrogens is 306 g/mol. The van der Waals surface area contributed by atoms with E-state index in [1.54, 1.807) is 26.1 Å². The van der Waals surface area contributed by atoms with Crippen molar-refractivity contribution in [2.24, 2.45) is 0 Å². The molecule has 2 heterocycles. The number of amides is 1. The molecule has 0 aromatic carbocycles. The van der Waals surface area contributed by atoms with Gasteiger partial charge in [-0.15, -0.1) is 0 Å². The minimum atomic E-state index is -0.240. The van der Waals surface area contributed by atoms with E-state index in [2.05, 4.69) is 20.2 Å². The number of methoxy groups -OCH3 is 1. The molecule has 0 bridgehead atoms. The van der Waals surface area contributed by atoms with E-state index in [-0.39, 0.29) is 11.5 Å². The molecule has 1 aliphatic rings. The number of rotatable bonds is 7. The second-order valence-electron chi connectivity index (χ2n) is 6.65. The summed E-state index contributed by atoms with van der Waals surface area (Å²) in [5.41, 5.74) is 0.848. The summed E-state index contributed by atoms with van der Waals surface area (Å²) in [6.07, 6.45) is 7.06. The summed E-state index contributed by atoms with van der Waals surface area (Å²) in [5, 5.41) is 2.92. The number of carbonyl (C=O) groups is 1. The van der Waals surface area contributed by atoms with Crippen LogP contribution < -0.4 is 5.32 Å². The third-order valence-electron chi connectivity index (χ3n) is 4.68. The number of piperidine rings is 1. The first-order valence-corrected chi connectivity index (χ1v) is 8.44. The molecule has 7 nitrogen and oxygen atoms in total. The van der Waals surface area contributed by atoms with Crippen molar-refractivity contribution in [2.45, 2.75) is 37.8 Å². The van der Waals surface area contributed by atoms with Crippen molar-refractivity contribution >= 4 is 11.9 Å². The van der Waals surface area contributed by atoms with E-state index in [1.807, 2.05) is 19.4 Å². The minimum absolute atomic E-state index is 0.152. The highest BCUT2D eigenvalue weighted by molar-refractivity contribution is 5.75. The average molecular weight is 335 g/mol. The zero-order chi connectivity index (χ0) is 17.6. The Kier molecular flexibility index (Phi) is 6.51. The summed E-state index contributed by atoms with van der Waals surface area (Å²) in [4.78, 5) is 24.5. The van der Waals surface area contributed by atoms with Crippen LogP contribution in [0.4, 0.5) is 5.95 Å². The normalized spacial score (nSPS) is 21.5. The fourth-order valence-corrected chi connectivity index (χ4v) is 3.18. The van der Waals surface area contributed by atoms with Gasteiger partial charge in [0, 0.05) is 65.7 Å². The fraction of sp³-hybridized carbons (Fsp3) is 0.706. The maximum atomic E-state index is 11.9. The second kappa shape index (κ2) is 8.39. The quantitative estimate of drug-likeness (QED) is 0.811. The van der Waals surface area contributed by atoms with E-state index in [0.29, 0.717) is 12.4 Å². The summed E-state index contributed by atoms with van der Waals surface area (Å²) >= 11 is 0. The molecule has 0 aliphatic carbocycles. The molecule has 1 aromatic heterocycles. The number of hydrogen-bond donors (Lipinski definition) is 1. The van der Waals surface area contributed by atoms with Crippen LogP contribution in [0.25, 0.3) is 0 Å². The maximum Gasteiger partial charge on any atom is 0.222 e. The predicted molar refractivity (Wildman–Crippen MR) is 93.8 cm³/mol. The van der Waals surface area contributed by atoms with E-state index < -0.39 is 0 Å². The van der Waals surface area contributed by atoms with E-state index in [0.717, 1.165) is 44.5 Å². The molecule has 134 valence electrons. The first-order chi connectivity index (χ1) is 11.5. The molecular formula is C17H29N5O2. The molecule has 1 atom stereocenters. The molecule has 0 radical (unpaired) electrons. The van der Waals surface area contributed by atoms with Gasteiger partial charge in [0.1, 0.15) is 0 Å². The standard InChI is InChI=1S/C17H29N5O2/c1-18-16-19-10-14(11-20-16)12-22-9-5-7-17(13-22,24-4)8-6-15(23)21(2)3/h10-11H,5-9,12-13H2,1-4H3,(H,18,19,20)/t17-/m0/s1. The van der Waals surface area contributed by atoms with Gasteiger partial charge in [-0.2, -0.15) is 0 Å². The molecule has 24 heavy (non-hydrogen) atoms. The minimum Gasteiger partial charge on any atom is -0.377 e. The smallest absolute Gasteiger partial charge is 0.222 e. The van der Waals surface area contributed by atoms with Gasteiger partial charge in [-0.25, -0.2) is 9.97 Å². The monoisotopic (exact) mass is 335 g/mol. The first kappa shape index (κ1) is 18.6. The van der Waals surface area contributed by atoms with Crippen molar-refractivity contribution in [1.82, 2.24) is 19.8 Å². The Balaban J connectivity index is 1.96. The largest absolute Gasteiger partial charge is 0.377 e. The Hall–Kier alpha value is -1.73. The molecule has 1 aliphatic heterocycles. The van der Waals surface area contributed by atoms with Gasteiger partial charge in [0.15, 0.2) is 0 Å². The van der Waals surface area contributed by atoms with E-state index in [9.17, 15) is 4.79 Å². The van der Waals surface area contributed by atoms with Gasteiger partial charge in [-0.3, -0.25) is 9.69 Å². The zero-order valence-corrected chi connectivity index (χ0v) is 15.2. The number of anilines is 1. The Morgan fingerprint density at radius 1 is 1.42 bits per heavy atom. The van der Waals surface area contributed by atoms with E-state index >= 15 is 0 Å². The van der Waals surface area contributed by atoms with Gasteiger partial charge < -0.3 is 15.0 Å². The molecule has 0 saturated carbocycles. The zero-order valence-electron chi connectivity index (χ0n) is 15.2. The van der Waals surface area contributed by atoms with Gasteiger partial charge in [0.2, 0.25) is 11.9 Å². The third-order valence-corrected chi connectivity index (χ3v) is 4.68. The van der Waals surface area contributed by atoms with Gasteiger partial charge in [0.25, 0.3) is 0 Å². The van der Waals surface area contributed by atoms with Crippen LogP contribution in [0.2, 0.25) is 0 Å². The Morgan fingerprint density at radius 3 is 2.71 bits per heavy atom. The topological polar surface area (TPSA) is 70.6 Å². The van der Waals surface area contributed by atoms with Crippen molar-refractivity contribution < 1.29 is 9.53 Å². The molecule has 1 N–H and O–H groups in total. The molecule has 0 spiro atoms. The van der Waals surface area contributed by atoms with Crippen molar-refractivity contribution in [3.05, 3.63) is 18.0 Å². The van der Waals surface area contributed by atoms with Crippen LogP contribution in [-0.2, 0) is 16.1 Å². The predicted octanol–water partition coefficient (Wildman–Crippen LogP) is 1.37. The lowest BCUT2D eigenvalue weighted by atomic mass is 9.87. The highest BCUT2D eigenvalue weighted by atomic mass is 16.5. The van der Waals surface area contributed by atoms with E-state index in [1.165, 1.54) is 0 Å². The van der Waals surface area contributed by atoms with Gasteiger partial charge in [-0.1, -0.05) is 0 Å². The average Bonchev–Trinajstić information content (AvgIpc) is 2.60. The lowest BCUT2D eigenvalue weighted by Gasteiger charge is -2.42. The van der Waals surface area contributed by atoms with Crippen molar-refractivity contribution in [3.63, 3.8) is 0 Å². The van der Waals surface area contributed by atoms with Crippen LogP contribution in [0.1, 0.15) is 31.2 Å². The summed E-state index contributed by atoms with van der Waals surface area (Å²) in [6, 6.07) is 0. The summed E-state index contributed by atoms with van der Waals surface area (Å²) < 4.78 is 5.86. The summed E-state index contributed by atoms with van der Waals surface area (Å²) in [7, 11) is 7.16. The number of hydrogen-bond acceptors (Lipinski definition) is 6. The number of ether oxygens (including phenoxy) is 1. The first-order valence-electron chi connectivity index (χ1n) is 8.44. The molecule has 1 amide bonds. The third kappa shape index (κ3) is 4.88. The maximum absolute atomic E-state index is 11.9. The van der Waals surface area contributed by atoms with Crippen molar-refractivity contribution in [1.29, 1.82) is 0 Å². The number of likely N-dealkylation sites (tertiary alicyclic amines) is 1. The van der Waals surface area contributed by atoms with Crippen molar-refractivity contribution in [2.75, 3.05) is 46.7 Å². The van der Waals surface area contributed by atoms with Crippen LogP contribution in [0, 0.1) is 0 Å². The SMILES string of the molecule is CNc1ncc(CN2CCC[C@@](CCC(=O)N(C)C)(OC)C2)cn1. The van der Waals surface area contributed by atoms with E-state index in [4.69, 9.17) is 4.74 Å². The summed E-state index contributed by atoms with van der Waals surface area (Å²) in [5.74, 6) is 0.783. The van der Waals surface area contributed by atoms with Crippen LogP contribution in [0.5, 0.6) is 0 Å². The molecule has 1 aromatic rings. The number of nitrogens with zero attached hydrogens (tertiary/aromatic N) is 4. The van der Waals surface area contributed by atoms with Crippen molar-refractivity contribution in [3.8, 4) is 0 Å². The molecule has 7 heteroatoms. The molecule has 1 saturated heterocycles. The Labute approximate surface area is 144 Å². The van der Waals surface area contributed by atoms with Crippen LogP contribution >= 0.6 is 0 Å². The lowest BCUT2D eigenvalue weighted by Crippen LogP contribution is -2.49. The Bertz CT molecular complexity index is 534. The lowest BCUT2D eigenvalue weighted by molar-refractivity contribution is -0.132. The fourth-order valence-electron chi connectivity index (χ4n) is 3.18.